The van der Waals surface area contributed by atoms with E-state index in [2.05, 4.69) is 90.2 Å². The molecule has 0 aliphatic carbocycles. The van der Waals surface area contributed by atoms with Crippen LogP contribution < -0.4 is 5.32 Å². The molecule has 0 saturated heterocycles. The predicted molar refractivity (Wildman–Crippen MR) is 297 cm³/mol. The average molecular weight is 1000 g/mol. The van der Waals surface area contributed by atoms with Crippen LogP contribution in [0.3, 0.4) is 0 Å². The molecule has 0 saturated carbocycles. The Morgan fingerprint density at radius 2 is 1.44 bits per heavy atom. The van der Waals surface area contributed by atoms with Gasteiger partial charge in [0.25, 0.3) is 5.91 Å². The van der Waals surface area contributed by atoms with E-state index in [9.17, 15) is 19.2 Å². The van der Waals surface area contributed by atoms with Gasteiger partial charge < -0.3 is 29.5 Å². The summed E-state index contributed by atoms with van der Waals surface area (Å²) in [6, 6.07) is 5.52. The van der Waals surface area contributed by atoms with Crippen molar-refractivity contribution in [2.75, 3.05) is 20.3 Å². The molecule has 3 aromatic heterocycles. The van der Waals surface area contributed by atoms with Gasteiger partial charge in [0.1, 0.15) is 6.61 Å². The molecule has 2 aliphatic heterocycles. The summed E-state index contributed by atoms with van der Waals surface area (Å²) in [6.45, 7) is 29.7. The number of hydrogen-bond donors (Lipinski definition) is 3. The normalized spacial score (nSPS) is 16.1. The highest BCUT2D eigenvalue weighted by atomic mass is 16.5. The standard InChI is InChI=1S/C61H87N5O7/c1-15-45-41(10)49-33-51-43(12)47(27-28-55(67)73-30-29-39(8)26-20-25-38(7)24-19-23-37(6)22-18-21-36(4)5)59(65-51)48(32-56(68)71-14)60-58(61(70)62-40(9)31-57(69)72-17-3)44(13)52(66-60)35-54-46(16-2)42(11)50(64-54)34-53(45)63-49/h15,29,33-38,40,43,47,63-64H,1,16-28,30-32H2,2-14H3,(H,62,70). The third-order valence-corrected chi connectivity index (χ3v) is 15.1. The van der Waals surface area contributed by atoms with E-state index in [1.165, 1.54) is 57.6 Å². The molecule has 73 heavy (non-hydrogen) atoms. The molecule has 0 fully saturated rings. The van der Waals surface area contributed by atoms with Gasteiger partial charge in [-0.3, -0.25) is 24.2 Å². The zero-order valence-corrected chi connectivity index (χ0v) is 46.6. The van der Waals surface area contributed by atoms with Gasteiger partial charge in [-0.15, -0.1) is 0 Å². The van der Waals surface area contributed by atoms with Crippen molar-refractivity contribution in [3.8, 4) is 0 Å². The largest absolute Gasteiger partial charge is 0.469 e. The van der Waals surface area contributed by atoms with Crippen LogP contribution in [-0.4, -0.2) is 70.1 Å². The molecule has 5 unspecified atom stereocenters. The molecular weight excluding hydrogens is 915 g/mol. The van der Waals surface area contributed by atoms with E-state index in [0.717, 1.165) is 81.1 Å². The molecule has 0 spiro atoms. The number of nitrogens with one attached hydrogen (secondary N) is 3. The lowest BCUT2D eigenvalue weighted by molar-refractivity contribution is -0.144. The minimum atomic E-state index is -0.575. The third kappa shape index (κ3) is 15.6. The Morgan fingerprint density at radius 3 is 2.08 bits per heavy atom. The third-order valence-electron chi connectivity index (χ3n) is 15.1. The number of H-pyrrole nitrogens is 2. The second-order valence-corrected chi connectivity index (χ2v) is 21.4. The van der Waals surface area contributed by atoms with Crippen molar-refractivity contribution < 1.29 is 33.4 Å². The summed E-state index contributed by atoms with van der Waals surface area (Å²) in [6.07, 6.45) is 16.0. The first-order chi connectivity index (χ1) is 34.8. The predicted octanol–water partition coefficient (Wildman–Crippen LogP) is 13.8. The Morgan fingerprint density at radius 1 is 0.781 bits per heavy atom. The molecule has 12 nitrogen and oxygen atoms in total. The number of carbonyl (C=O) groups is 4. The number of amides is 1. The highest BCUT2D eigenvalue weighted by Crippen LogP contribution is 2.44. The average Bonchev–Trinajstić information content (AvgIpc) is 4.02. The van der Waals surface area contributed by atoms with Crippen LogP contribution in [-0.2, 0) is 46.2 Å². The summed E-state index contributed by atoms with van der Waals surface area (Å²) >= 11 is 0. The van der Waals surface area contributed by atoms with E-state index >= 15 is 0 Å². The number of nitrogens with zero attached hydrogens (tertiary/aromatic N) is 2. The van der Waals surface area contributed by atoms with Crippen molar-refractivity contribution in [2.24, 2.45) is 17.8 Å². The van der Waals surface area contributed by atoms with Gasteiger partial charge in [0.05, 0.1) is 49.2 Å². The van der Waals surface area contributed by atoms with Crippen LogP contribution >= 0.6 is 0 Å². The molecule has 5 rings (SSSR count). The van der Waals surface area contributed by atoms with Crippen molar-refractivity contribution in [2.45, 2.75) is 191 Å². The first kappa shape index (κ1) is 58.1. The molecule has 3 aromatic rings. The summed E-state index contributed by atoms with van der Waals surface area (Å²) < 4.78 is 16.3. The Hall–Kier alpha value is -5.78. The fraction of sp³-hybridized carbons (Fsp3) is 0.574. The van der Waals surface area contributed by atoms with Gasteiger partial charge in [-0.25, -0.2) is 4.98 Å². The van der Waals surface area contributed by atoms with Crippen LogP contribution in [0, 0.1) is 31.6 Å². The Bertz CT molecular complexity index is 2680. The highest BCUT2D eigenvalue weighted by Gasteiger charge is 2.36. The number of hydrogen-bond acceptors (Lipinski definition) is 9. The minimum Gasteiger partial charge on any atom is -0.469 e. The summed E-state index contributed by atoms with van der Waals surface area (Å²) in [5, 5.41) is 3.01. The van der Waals surface area contributed by atoms with Crippen LogP contribution in [0.15, 0.2) is 36.4 Å². The van der Waals surface area contributed by atoms with E-state index in [1.807, 2.05) is 31.2 Å². The topological polar surface area (TPSA) is 165 Å². The van der Waals surface area contributed by atoms with Crippen molar-refractivity contribution in [3.63, 3.8) is 0 Å². The molecule has 5 atom stereocenters. The van der Waals surface area contributed by atoms with Crippen molar-refractivity contribution in [1.82, 2.24) is 25.3 Å². The molecule has 12 heteroatoms. The molecule has 5 heterocycles. The van der Waals surface area contributed by atoms with Gasteiger partial charge in [-0.2, -0.15) is 0 Å². The van der Waals surface area contributed by atoms with Crippen molar-refractivity contribution in [3.05, 3.63) is 87.0 Å². The van der Waals surface area contributed by atoms with Crippen LogP contribution in [0.2, 0.25) is 0 Å². The maximum atomic E-state index is 14.7. The van der Waals surface area contributed by atoms with Crippen LogP contribution in [0.1, 0.15) is 209 Å². The second-order valence-electron chi connectivity index (χ2n) is 21.4. The lowest BCUT2D eigenvalue weighted by atomic mass is 9.84. The maximum absolute atomic E-state index is 14.7. The van der Waals surface area contributed by atoms with E-state index in [1.54, 1.807) is 13.8 Å². The van der Waals surface area contributed by atoms with Crippen molar-refractivity contribution >= 4 is 63.1 Å². The van der Waals surface area contributed by atoms with Gasteiger partial charge in [0.15, 0.2) is 0 Å². The number of ether oxygens (including phenoxy) is 3. The van der Waals surface area contributed by atoms with E-state index < -0.39 is 23.9 Å². The lowest BCUT2D eigenvalue weighted by Gasteiger charge is -2.19. The number of carbonyl (C=O) groups excluding carboxylic acids is 4. The zero-order valence-electron chi connectivity index (χ0n) is 46.6. The number of aryl methyl sites for hydroxylation is 3. The smallest absolute Gasteiger partial charge is 0.310 e. The number of aromatic amines is 2. The fourth-order valence-electron chi connectivity index (χ4n) is 10.6. The quantitative estimate of drug-likeness (QED) is 0.0403. The number of methoxy groups -OCH3 is 1. The first-order valence-corrected chi connectivity index (χ1v) is 27.2. The maximum Gasteiger partial charge on any atom is 0.310 e. The lowest BCUT2D eigenvalue weighted by Crippen LogP contribution is -2.35. The van der Waals surface area contributed by atoms with E-state index in [4.69, 9.17) is 24.2 Å². The van der Waals surface area contributed by atoms with Crippen LogP contribution in [0.4, 0.5) is 0 Å². The summed E-state index contributed by atoms with van der Waals surface area (Å²) in [5.41, 5.74) is 12.3. The van der Waals surface area contributed by atoms with Gasteiger partial charge in [-0.05, 0) is 132 Å². The highest BCUT2D eigenvalue weighted by molar-refractivity contribution is 6.27. The van der Waals surface area contributed by atoms with E-state index in [-0.39, 0.29) is 55.9 Å². The van der Waals surface area contributed by atoms with Crippen molar-refractivity contribution in [1.29, 1.82) is 0 Å². The first-order valence-electron chi connectivity index (χ1n) is 27.2. The molecule has 1 amide bonds. The van der Waals surface area contributed by atoms with Gasteiger partial charge in [0.2, 0.25) is 0 Å². The van der Waals surface area contributed by atoms with Crippen LogP contribution in [0.5, 0.6) is 0 Å². The monoisotopic (exact) mass is 1000 g/mol. The Labute approximate surface area is 436 Å². The Balaban J connectivity index is 1.50. The molecule has 2 aliphatic rings. The summed E-state index contributed by atoms with van der Waals surface area (Å²) in [7, 11) is 1.33. The number of allylic oxidation sites excluding steroid dienone is 2. The number of rotatable bonds is 26. The molecule has 398 valence electrons. The zero-order chi connectivity index (χ0) is 53.5. The number of esters is 3. The van der Waals surface area contributed by atoms with Gasteiger partial charge in [-0.1, -0.05) is 105 Å². The fourth-order valence-corrected chi connectivity index (χ4v) is 10.6. The number of aromatic nitrogens is 4. The molecule has 3 N–H and O–H groups in total. The summed E-state index contributed by atoms with van der Waals surface area (Å²) in [4.78, 5) is 72.2. The Kier molecular flexibility index (Phi) is 21.9. The molecule has 0 aromatic carbocycles. The summed E-state index contributed by atoms with van der Waals surface area (Å²) in [5.74, 6) is -0.0567. The van der Waals surface area contributed by atoms with Gasteiger partial charge >= 0.3 is 17.9 Å². The molecular formula is C61H87N5O7. The van der Waals surface area contributed by atoms with Gasteiger partial charge in [0, 0.05) is 63.2 Å². The molecule has 8 bridgehead atoms. The minimum absolute atomic E-state index is 0.0301. The SMILES string of the molecule is C=Cc1c(C)c2cc3nc(c(CC(=O)OC)c4nc(cc5[nH]c(cc1[nH]2)c(C)c5CC)C(C)=C4C(=O)NC(C)CC(=O)OCC)C(CCC(=O)OCC=C(C)CCCC(C)CCCC(C)CCCC(C)C)C3C. The number of fused-ring (bicyclic) bond motifs is 8. The molecule has 0 radical (unpaired) electrons. The second kappa shape index (κ2) is 27.5. The van der Waals surface area contributed by atoms with E-state index in [0.29, 0.717) is 40.6 Å². The van der Waals surface area contributed by atoms with Crippen LogP contribution in [0.25, 0.3) is 39.3 Å².